The van der Waals surface area contributed by atoms with Crippen molar-refractivity contribution in [1.29, 1.82) is 0 Å². The van der Waals surface area contributed by atoms with Gasteiger partial charge in [-0.15, -0.1) is 0 Å². The quantitative estimate of drug-likeness (QED) is 0.767. The van der Waals surface area contributed by atoms with E-state index >= 15 is 0 Å². The molecule has 0 bridgehead atoms. The molecule has 3 rings (SSSR count). The van der Waals surface area contributed by atoms with E-state index in [0.29, 0.717) is 5.02 Å². The molecule has 5 heteroatoms. The van der Waals surface area contributed by atoms with Crippen LogP contribution in [0, 0.1) is 13.8 Å². The molecule has 114 valence electrons. The highest BCUT2D eigenvalue weighted by Crippen LogP contribution is 2.30. The van der Waals surface area contributed by atoms with Crippen LogP contribution >= 0.6 is 23.2 Å². The molecule has 0 fully saturated rings. The van der Waals surface area contributed by atoms with Crippen LogP contribution in [-0.2, 0) is 0 Å². The topological polar surface area (TPSA) is 24.9 Å². The first-order chi connectivity index (χ1) is 10.0. The van der Waals surface area contributed by atoms with Crippen LogP contribution < -0.4 is 17.7 Å². The summed E-state index contributed by atoms with van der Waals surface area (Å²) in [6.07, 6.45) is 0. The van der Waals surface area contributed by atoms with E-state index in [1.807, 2.05) is 56.3 Å². The van der Waals surface area contributed by atoms with Crippen LogP contribution in [-0.4, -0.2) is 4.98 Å². The summed E-state index contributed by atoms with van der Waals surface area (Å²) in [5.74, 6) is 0. The van der Waals surface area contributed by atoms with Gasteiger partial charge in [0.15, 0.2) is 0 Å². The summed E-state index contributed by atoms with van der Waals surface area (Å²) in [6.45, 7) is 3.96. The number of benzene rings is 2. The number of hydrogen-bond donors (Lipinski definition) is 1. The average Bonchev–Trinajstić information content (AvgIpc) is 2.43. The second kappa shape index (κ2) is 6.74. The fourth-order valence-electron chi connectivity index (χ4n) is 2.26. The lowest BCUT2D eigenvalue weighted by Crippen LogP contribution is -3.00. The minimum atomic E-state index is 0. The van der Waals surface area contributed by atoms with Crippen LogP contribution in [0.15, 0.2) is 42.5 Å². The second-order valence-corrected chi connectivity index (χ2v) is 5.91. The predicted molar refractivity (Wildman–Crippen MR) is 91.0 cm³/mol. The van der Waals surface area contributed by atoms with Gasteiger partial charge in [0.25, 0.3) is 0 Å². The highest BCUT2D eigenvalue weighted by molar-refractivity contribution is 6.32. The molecule has 1 N–H and O–H groups in total. The van der Waals surface area contributed by atoms with Crippen molar-refractivity contribution in [2.45, 2.75) is 13.8 Å². The summed E-state index contributed by atoms with van der Waals surface area (Å²) in [7, 11) is 0. The van der Waals surface area contributed by atoms with E-state index in [1.54, 1.807) is 0 Å². The molecule has 22 heavy (non-hydrogen) atoms. The maximum absolute atomic E-state index is 6.18. The number of fused-ring (bicyclic) bond motifs is 1. The van der Waals surface area contributed by atoms with Gasteiger partial charge in [-0.2, -0.15) is 0 Å². The Morgan fingerprint density at radius 1 is 0.955 bits per heavy atom. The number of nitrogens with one attached hydrogen (secondary N) is 1. The monoisotopic (exact) mass is 351 g/mol. The molecule has 0 spiro atoms. The molecular weight excluding hydrogens is 339 g/mol. The van der Waals surface area contributed by atoms with Gasteiger partial charge in [0.05, 0.1) is 5.52 Å². The number of halogens is 3. The number of aromatic nitrogens is 1. The van der Waals surface area contributed by atoms with Crippen molar-refractivity contribution in [2.75, 3.05) is 5.32 Å². The summed E-state index contributed by atoms with van der Waals surface area (Å²) in [5.41, 5.74) is 4.84. The van der Waals surface area contributed by atoms with Gasteiger partial charge in [0, 0.05) is 32.5 Å². The predicted octanol–water partition coefficient (Wildman–Crippen LogP) is 2.91. The SMILES string of the molecule is Cc1cc(Nc2ccc(C)c(Cl)c2)c2cc(Cl)ccc2n1.[Cl-]. The summed E-state index contributed by atoms with van der Waals surface area (Å²) < 4.78 is 0. The van der Waals surface area contributed by atoms with Crippen molar-refractivity contribution in [3.63, 3.8) is 0 Å². The van der Waals surface area contributed by atoms with Gasteiger partial charge in [0.1, 0.15) is 0 Å². The number of anilines is 2. The Labute approximate surface area is 145 Å². The lowest BCUT2D eigenvalue weighted by molar-refractivity contribution is -0.00000418. The zero-order valence-electron chi connectivity index (χ0n) is 12.1. The van der Waals surface area contributed by atoms with Crippen molar-refractivity contribution < 1.29 is 12.4 Å². The number of hydrogen-bond acceptors (Lipinski definition) is 2. The van der Waals surface area contributed by atoms with E-state index in [1.165, 1.54) is 0 Å². The molecule has 0 radical (unpaired) electrons. The maximum Gasteiger partial charge on any atom is 0.0727 e. The van der Waals surface area contributed by atoms with Crippen LogP contribution in [0.1, 0.15) is 11.3 Å². The van der Waals surface area contributed by atoms with E-state index < -0.39 is 0 Å². The molecule has 2 aromatic carbocycles. The highest BCUT2D eigenvalue weighted by Gasteiger charge is 2.06. The van der Waals surface area contributed by atoms with Crippen molar-refractivity contribution in [1.82, 2.24) is 4.98 Å². The maximum atomic E-state index is 6.18. The highest BCUT2D eigenvalue weighted by atomic mass is 35.5. The molecule has 0 aliphatic rings. The number of pyridine rings is 1. The lowest BCUT2D eigenvalue weighted by atomic mass is 10.1. The van der Waals surface area contributed by atoms with Crippen LogP contribution in [0.5, 0.6) is 0 Å². The Morgan fingerprint density at radius 2 is 1.73 bits per heavy atom. The molecule has 0 aliphatic carbocycles. The van der Waals surface area contributed by atoms with Crippen molar-refractivity contribution in [2.24, 2.45) is 0 Å². The van der Waals surface area contributed by atoms with Crippen LogP contribution in [0.2, 0.25) is 10.0 Å². The van der Waals surface area contributed by atoms with Crippen molar-refractivity contribution in [3.05, 3.63) is 63.8 Å². The zero-order valence-corrected chi connectivity index (χ0v) is 14.4. The molecule has 0 unspecified atom stereocenters. The lowest BCUT2D eigenvalue weighted by Gasteiger charge is -2.12. The normalized spacial score (nSPS) is 10.4. The smallest absolute Gasteiger partial charge is 0.0727 e. The molecule has 1 aromatic heterocycles. The molecule has 3 aromatic rings. The van der Waals surface area contributed by atoms with Crippen LogP contribution in [0.4, 0.5) is 11.4 Å². The van der Waals surface area contributed by atoms with Gasteiger partial charge in [-0.3, -0.25) is 4.98 Å². The van der Waals surface area contributed by atoms with Gasteiger partial charge in [-0.1, -0.05) is 29.3 Å². The second-order valence-electron chi connectivity index (χ2n) is 5.06. The number of nitrogens with zero attached hydrogens (tertiary/aromatic N) is 1. The first-order valence-electron chi connectivity index (χ1n) is 6.63. The van der Waals surface area contributed by atoms with E-state index in [-0.39, 0.29) is 12.4 Å². The Balaban J connectivity index is 0.00000176. The molecule has 0 aliphatic heterocycles. The standard InChI is InChI=1S/C17H14Cl2N2.ClH/c1-10-3-5-13(9-15(10)19)21-17-7-11(2)20-16-6-4-12(18)8-14(16)17;/h3-9H,1-2H3,(H,20,21);1H/p-1. The third kappa shape index (κ3) is 3.46. The Kier molecular flexibility index (Phi) is 5.17. The molecular formula is C17H14Cl3N2-. The van der Waals surface area contributed by atoms with Crippen LogP contribution in [0.25, 0.3) is 10.9 Å². The largest absolute Gasteiger partial charge is 1.00 e. The molecule has 1 heterocycles. The molecule has 0 saturated heterocycles. The average molecular weight is 353 g/mol. The molecule has 0 saturated carbocycles. The Morgan fingerprint density at radius 3 is 2.45 bits per heavy atom. The van der Waals surface area contributed by atoms with Crippen molar-refractivity contribution >= 4 is 45.5 Å². The van der Waals surface area contributed by atoms with Gasteiger partial charge in [0.2, 0.25) is 0 Å². The number of aryl methyl sites for hydroxylation is 2. The molecule has 2 nitrogen and oxygen atoms in total. The first kappa shape index (κ1) is 16.9. The fourth-order valence-corrected chi connectivity index (χ4v) is 2.61. The van der Waals surface area contributed by atoms with Gasteiger partial charge in [-0.25, -0.2) is 0 Å². The van der Waals surface area contributed by atoms with E-state index in [4.69, 9.17) is 23.2 Å². The van der Waals surface area contributed by atoms with E-state index in [9.17, 15) is 0 Å². The van der Waals surface area contributed by atoms with E-state index in [2.05, 4.69) is 10.3 Å². The fraction of sp³-hybridized carbons (Fsp3) is 0.118. The van der Waals surface area contributed by atoms with Gasteiger partial charge < -0.3 is 17.7 Å². The van der Waals surface area contributed by atoms with Gasteiger partial charge in [-0.05, 0) is 55.8 Å². The van der Waals surface area contributed by atoms with Gasteiger partial charge >= 0.3 is 0 Å². The van der Waals surface area contributed by atoms with Crippen LogP contribution in [0.3, 0.4) is 0 Å². The molecule has 0 amide bonds. The Bertz CT molecular complexity index is 831. The Hall–Kier alpha value is -1.48. The van der Waals surface area contributed by atoms with Crippen molar-refractivity contribution in [3.8, 4) is 0 Å². The summed E-state index contributed by atoms with van der Waals surface area (Å²) in [5, 5.41) is 5.83. The summed E-state index contributed by atoms with van der Waals surface area (Å²) in [4.78, 5) is 4.53. The van der Waals surface area contributed by atoms with E-state index in [0.717, 1.165) is 38.6 Å². The first-order valence-corrected chi connectivity index (χ1v) is 7.38. The minimum Gasteiger partial charge on any atom is -1.00 e. The third-order valence-corrected chi connectivity index (χ3v) is 3.99. The summed E-state index contributed by atoms with van der Waals surface area (Å²) in [6, 6.07) is 13.6. The number of rotatable bonds is 2. The minimum absolute atomic E-state index is 0. The zero-order chi connectivity index (χ0) is 15.0. The summed E-state index contributed by atoms with van der Waals surface area (Å²) >= 11 is 12.3. The third-order valence-electron chi connectivity index (χ3n) is 3.35. The molecule has 0 atom stereocenters.